The van der Waals surface area contributed by atoms with Crippen LogP contribution in [0, 0.1) is 0 Å². The highest BCUT2D eigenvalue weighted by atomic mass is 15.4. The zero-order chi connectivity index (χ0) is 14.4. The van der Waals surface area contributed by atoms with Gasteiger partial charge in [-0.25, -0.2) is 5.84 Å². The Morgan fingerprint density at radius 3 is 2.40 bits per heavy atom. The Morgan fingerprint density at radius 1 is 1.05 bits per heavy atom. The average molecular weight is 273 g/mol. The molecule has 0 atom stereocenters. The lowest BCUT2D eigenvalue weighted by atomic mass is 10.1. The van der Waals surface area contributed by atoms with E-state index in [2.05, 4.69) is 37.8 Å². The number of nitrogens with zero attached hydrogens (tertiary/aromatic N) is 4. The summed E-state index contributed by atoms with van der Waals surface area (Å²) in [7, 11) is 3.73. The molecule has 7 heteroatoms. The fraction of sp³-hybridized carbons (Fsp3) is 0.308. The molecule has 7 nitrogen and oxygen atoms in total. The van der Waals surface area contributed by atoms with Crippen LogP contribution in [0.5, 0.6) is 0 Å². The van der Waals surface area contributed by atoms with Crippen molar-refractivity contribution in [1.82, 2.24) is 15.0 Å². The average Bonchev–Trinajstić information content (AvgIpc) is 2.48. The van der Waals surface area contributed by atoms with Gasteiger partial charge in [0.15, 0.2) is 0 Å². The minimum atomic E-state index is 0.339. The fourth-order valence-electron chi connectivity index (χ4n) is 1.67. The van der Waals surface area contributed by atoms with E-state index in [9.17, 15) is 0 Å². The molecule has 0 radical (unpaired) electrons. The molecule has 0 aliphatic carbocycles. The molecule has 2 aromatic rings. The van der Waals surface area contributed by atoms with Crippen LogP contribution in [-0.4, -0.2) is 35.6 Å². The summed E-state index contributed by atoms with van der Waals surface area (Å²) in [6.45, 7) is 0.741. The molecular formula is C13H19N7. The molecule has 20 heavy (non-hydrogen) atoms. The summed E-state index contributed by atoms with van der Waals surface area (Å²) in [5.74, 6) is 6.76. The third-order valence-corrected chi connectivity index (χ3v) is 2.69. The van der Waals surface area contributed by atoms with Gasteiger partial charge in [0.2, 0.25) is 17.8 Å². The number of nitrogens with one attached hydrogen (secondary N) is 2. The molecule has 106 valence electrons. The van der Waals surface area contributed by atoms with E-state index in [4.69, 9.17) is 5.84 Å². The Morgan fingerprint density at radius 2 is 1.75 bits per heavy atom. The maximum atomic E-state index is 5.36. The molecule has 1 heterocycles. The van der Waals surface area contributed by atoms with Crippen LogP contribution in [0.4, 0.5) is 17.8 Å². The van der Waals surface area contributed by atoms with Crippen LogP contribution in [0.1, 0.15) is 5.56 Å². The van der Waals surface area contributed by atoms with Crippen LogP contribution in [0.15, 0.2) is 30.3 Å². The van der Waals surface area contributed by atoms with E-state index in [-0.39, 0.29) is 0 Å². The van der Waals surface area contributed by atoms with Gasteiger partial charge in [-0.15, -0.1) is 0 Å². The molecule has 0 bridgehead atoms. The lowest BCUT2D eigenvalue weighted by Gasteiger charge is -2.13. The maximum Gasteiger partial charge on any atom is 0.243 e. The first-order valence-electron chi connectivity index (χ1n) is 6.37. The van der Waals surface area contributed by atoms with Crippen LogP contribution in [0.25, 0.3) is 0 Å². The van der Waals surface area contributed by atoms with Gasteiger partial charge in [0.25, 0.3) is 0 Å². The number of nitrogen functional groups attached to an aromatic ring is 1. The summed E-state index contributed by atoms with van der Waals surface area (Å²) < 4.78 is 0. The molecule has 2 rings (SSSR count). The molecule has 1 aromatic carbocycles. The van der Waals surface area contributed by atoms with Crippen molar-refractivity contribution in [3.63, 3.8) is 0 Å². The van der Waals surface area contributed by atoms with Gasteiger partial charge in [0.1, 0.15) is 0 Å². The predicted octanol–water partition coefficient (Wildman–Crippen LogP) is 0.878. The van der Waals surface area contributed by atoms with Crippen LogP contribution in [0.2, 0.25) is 0 Å². The number of anilines is 3. The number of benzene rings is 1. The normalized spacial score (nSPS) is 10.2. The van der Waals surface area contributed by atoms with Crippen molar-refractivity contribution in [3.05, 3.63) is 35.9 Å². The Labute approximate surface area is 118 Å². The number of nitrogens with two attached hydrogens (primary N) is 1. The van der Waals surface area contributed by atoms with Crippen molar-refractivity contribution in [1.29, 1.82) is 0 Å². The third kappa shape index (κ3) is 3.79. The summed E-state index contributed by atoms with van der Waals surface area (Å²) in [6.07, 6.45) is 0.898. The molecule has 0 fully saturated rings. The van der Waals surface area contributed by atoms with Gasteiger partial charge >= 0.3 is 0 Å². The highest BCUT2D eigenvalue weighted by Gasteiger charge is 2.06. The van der Waals surface area contributed by atoms with Gasteiger partial charge < -0.3 is 10.2 Å². The summed E-state index contributed by atoms with van der Waals surface area (Å²) in [4.78, 5) is 14.4. The number of hydrazine groups is 1. The van der Waals surface area contributed by atoms with Crippen molar-refractivity contribution in [2.75, 3.05) is 36.3 Å². The smallest absolute Gasteiger partial charge is 0.243 e. The predicted molar refractivity (Wildman–Crippen MR) is 80.6 cm³/mol. The topological polar surface area (TPSA) is 92.0 Å². The first-order valence-corrected chi connectivity index (χ1v) is 6.37. The maximum absolute atomic E-state index is 5.36. The van der Waals surface area contributed by atoms with Gasteiger partial charge in [-0.2, -0.15) is 15.0 Å². The molecule has 0 saturated heterocycles. The molecule has 0 spiro atoms. The van der Waals surface area contributed by atoms with Crippen molar-refractivity contribution >= 4 is 17.8 Å². The van der Waals surface area contributed by atoms with Gasteiger partial charge in [0.05, 0.1) is 0 Å². The van der Waals surface area contributed by atoms with Crippen LogP contribution < -0.4 is 21.5 Å². The number of rotatable bonds is 6. The summed E-state index contributed by atoms with van der Waals surface area (Å²) in [5, 5.41) is 3.18. The van der Waals surface area contributed by atoms with E-state index in [0.29, 0.717) is 17.8 Å². The first-order chi connectivity index (χ1) is 9.69. The lowest BCUT2D eigenvalue weighted by molar-refractivity contribution is 0.927. The van der Waals surface area contributed by atoms with Gasteiger partial charge in [-0.05, 0) is 12.0 Å². The number of hydrogen-bond acceptors (Lipinski definition) is 7. The quantitative estimate of drug-likeness (QED) is 0.531. The number of hydrogen-bond donors (Lipinski definition) is 3. The first kappa shape index (κ1) is 14.0. The Kier molecular flexibility index (Phi) is 4.67. The molecule has 0 aliphatic rings. The summed E-state index contributed by atoms with van der Waals surface area (Å²) >= 11 is 0. The summed E-state index contributed by atoms with van der Waals surface area (Å²) in [6, 6.07) is 10.2. The van der Waals surface area contributed by atoms with Crippen LogP contribution >= 0.6 is 0 Å². The van der Waals surface area contributed by atoms with Crippen molar-refractivity contribution in [3.8, 4) is 0 Å². The van der Waals surface area contributed by atoms with Crippen LogP contribution in [-0.2, 0) is 6.42 Å². The van der Waals surface area contributed by atoms with Crippen LogP contribution in [0.3, 0.4) is 0 Å². The van der Waals surface area contributed by atoms with Crippen molar-refractivity contribution < 1.29 is 0 Å². The van der Waals surface area contributed by atoms with E-state index in [1.54, 1.807) is 4.90 Å². The highest BCUT2D eigenvalue weighted by Crippen LogP contribution is 2.10. The largest absolute Gasteiger partial charge is 0.354 e. The Hall–Kier alpha value is -2.41. The molecular weight excluding hydrogens is 254 g/mol. The molecule has 0 unspecified atom stereocenters. The molecule has 1 aromatic heterocycles. The minimum Gasteiger partial charge on any atom is -0.354 e. The standard InChI is InChI=1S/C13H19N7/c1-20(2)13-17-11(16-12(18-13)19-14)15-9-8-10-6-4-3-5-7-10/h3-7H,8-9,14H2,1-2H3,(H2,15,16,17,18,19). The SMILES string of the molecule is CN(C)c1nc(NN)nc(NCCc2ccccc2)n1. The molecule has 4 N–H and O–H groups in total. The van der Waals surface area contributed by atoms with Crippen molar-refractivity contribution in [2.45, 2.75) is 6.42 Å². The molecule has 0 saturated carbocycles. The summed E-state index contributed by atoms with van der Waals surface area (Å²) in [5.41, 5.74) is 3.70. The second-order valence-electron chi connectivity index (χ2n) is 4.48. The van der Waals surface area contributed by atoms with E-state index in [0.717, 1.165) is 13.0 Å². The lowest BCUT2D eigenvalue weighted by Crippen LogP contribution is -2.19. The minimum absolute atomic E-state index is 0.339. The third-order valence-electron chi connectivity index (χ3n) is 2.69. The van der Waals surface area contributed by atoms with E-state index >= 15 is 0 Å². The van der Waals surface area contributed by atoms with E-state index in [1.807, 2.05) is 32.3 Å². The molecule has 0 amide bonds. The fourth-order valence-corrected chi connectivity index (χ4v) is 1.67. The highest BCUT2D eigenvalue weighted by molar-refractivity contribution is 5.42. The second-order valence-corrected chi connectivity index (χ2v) is 4.48. The second kappa shape index (κ2) is 6.67. The van der Waals surface area contributed by atoms with Gasteiger partial charge in [-0.1, -0.05) is 30.3 Å². The Bertz CT molecular complexity index is 542. The zero-order valence-electron chi connectivity index (χ0n) is 11.7. The van der Waals surface area contributed by atoms with Gasteiger partial charge in [0, 0.05) is 20.6 Å². The molecule has 0 aliphatic heterocycles. The number of aromatic nitrogens is 3. The van der Waals surface area contributed by atoms with E-state index in [1.165, 1.54) is 5.56 Å². The zero-order valence-corrected chi connectivity index (χ0v) is 11.7. The van der Waals surface area contributed by atoms with Crippen molar-refractivity contribution in [2.24, 2.45) is 5.84 Å². The Balaban J connectivity index is 2.00. The monoisotopic (exact) mass is 273 g/mol. The van der Waals surface area contributed by atoms with E-state index < -0.39 is 0 Å². The van der Waals surface area contributed by atoms with Gasteiger partial charge in [-0.3, -0.25) is 5.43 Å².